The Bertz CT molecular complexity index is 731. The van der Waals surface area contributed by atoms with Crippen LogP contribution in [0.15, 0.2) is 28.6 Å². The number of nitrogens with one attached hydrogen (secondary N) is 2. The standard InChI is InChI=1S/C10H9ClN4O3S2/c1-12-20(17,18)8-4-6(2-3-7(8)11)9(16)14-10-15-13-5-19-10/h2-5,12H,1H3,(H,14,15,16). The topological polar surface area (TPSA) is 101 Å². The summed E-state index contributed by atoms with van der Waals surface area (Å²) in [5.41, 5.74) is 1.62. The van der Waals surface area contributed by atoms with Crippen molar-refractivity contribution in [1.82, 2.24) is 14.9 Å². The van der Waals surface area contributed by atoms with Crippen LogP contribution in [0.4, 0.5) is 5.13 Å². The number of anilines is 1. The van der Waals surface area contributed by atoms with Crippen LogP contribution in [0.1, 0.15) is 10.4 Å². The minimum absolute atomic E-state index is 0.0341. The molecule has 2 aromatic rings. The molecule has 0 aliphatic heterocycles. The van der Waals surface area contributed by atoms with Crippen molar-refractivity contribution in [2.24, 2.45) is 0 Å². The van der Waals surface area contributed by atoms with Crippen molar-refractivity contribution in [2.75, 3.05) is 12.4 Å². The Hall–Kier alpha value is -1.55. The molecule has 0 saturated heterocycles. The summed E-state index contributed by atoms with van der Waals surface area (Å²) in [5, 5.41) is 10.1. The van der Waals surface area contributed by atoms with Crippen LogP contribution < -0.4 is 10.0 Å². The van der Waals surface area contributed by atoms with Gasteiger partial charge in [0.25, 0.3) is 5.91 Å². The second-order valence-electron chi connectivity index (χ2n) is 3.55. The molecule has 0 aliphatic rings. The zero-order valence-electron chi connectivity index (χ0n) is 10.1. The number of hydrogen-bond acceptors (Lipinski definition) is 6. The lowest BCUT2D eigenvalue weighted by atomic mass is 10.2. The lowest BCUT2D eigenvalue weighted by Crippen LogP contribution is -2.20. The van der Waals surface area contributed by atoms with Crippen molar-refractivity contribution in [3.05, 3.63) is 34.3 Å². The van der Waals surface area contributed by atoms with Gasteiger partial charge in [0.1, 0.15) is 10.4 Å². The molecule has 1 aromatic carbocycles. The summed E-state index contributed by atoms with van der Waals surface area (Å²) < 4.78 is 25.7. The Kier molecular flexibility index (Phi) is 4.33. The van der Waals surface area contributed by atoms with E-state index in [0.29, 0.717) is 5.13 Å². The molecule has 20 heavy (non-hydrogen) atoms. The van der Waals surface area contributed by atoms with Crippen molar-refractivity contribution in [2.45, 2.75) is 4.90 Å². The van der Waals surface area contributed by atoms with Crippen molar-refractivity contribution in [3.8, 4) is 0 Å². The number of sulfonamides is 1. The number of hydrogen-bond donors (Lipinski definition) is 2. The number of carbonyl (C=O) groups is 1. The maximum Gasteiger partial charge on any atom is 0.257 e. The second kappa shape index (κ2) is 5.83. The van der Waals surface area contributed by atoms with E-state index >= 15 is 0 Å². The van der Waals surface area contributed by atoms with Gasteiger partial charge >= 0.3 is 0 Å². The molecule has 0 atom stereocenters. The maximum absolute atomic E-state index is 12.0. The number of benzene rings is 1. The minimum Gasteiger partial charge on any atom is -0.296 e. The summed E-state index contributed by atoms with van der Waals surface area (Å²) in [5.74, 6) is -0.494. The van der Waals surface area contributed by atoms with E-state index in [2.05, 4.69) is 20.2 Å². The quantitative estimate of drug-likeness (QED) is 0.880. The number of rotatable bonds is 4. The zero-order chi connectivity index (χ0) is 14.8. The molecular weight excluding hydrogens is 324 g/mol. The van der Waals surface area contributed by atoms with Gasteiger partial charge in [0.05, 0.1) is 5.02 Å². The van der Waals surface area contributed by atoms with Crippen LogP contribution in [0, 0.1) is 0 Å². The van der Waals surface area contributed by atoms with Crippen LogP contribution in [0.2, 0.25) is 5.02 Å². The van der Waals surface area contributed by atoms with E-state index in [1.807, 2.05) is 0 Å². The second-order valence-corrected chi connectivity index (χ2v) is 6.65. The molecule has 106 valence electrons. The maximum atomic E-state index is 12.0. The molecule has 2 N–H and O–H groups in total. The number of amides is 1. The predicted octanol–water partition coefficient (Wildman–Crippen LogP) is 1.35. The van der Waals surface area contributed by atoms with Crippen molar-refractivity contribution in [3.63, 3.8) is 0 Å². The number of carbonyl (C=O) groups excluding carboxylic acids is 1. The van der Waals surface area contributed by atoms with E-state index in [4.69, 9.17) is 11.6 Å². The molecule has 0 unspecified atom stereocenters. The first-order valence-corrected chi connectivity index (χ1v) is 7.99. The molecular formula is C10H9ClN4O3S2. The van der Waals surface area contributed by atoms with Gasteiger partial charge in [-0.25, -0.2) is 13.1 Å². The average molecular weight is 333 g/mol. The average Bonchev–Trinajstić information content (AvgIpc) is 2.91. The predicted molar refractivity (Wildman–Crippen MR) is 75.6 cm³/mol. The molecule has 1 amide bonds. The highest BCUT2D eigenvalue weighted by molar-refractivity contribution is 7.89. The van der Waals surface area contributed by atoms with Gasteiger partial charge in [0, 0.05) is 5.56 Å². The summed E-state index contributed by atoms with van der Waals surface area (Å²) in [4.78, 5) is 11.8. The van der Waals surface area contributed by atoms with Crippen LogP contribution in [-0.4, -0.2) is 31.6 Å². The third-order valence-corrected chi connectivity index (χ3v) is 4.83. The Balaban J connectivity index is 2.34. The molecule has 0 spiro atoms. The van der Waals surface area contributed by atoms with Crippen LogP contribution in [-0.2, 0) is 10.0 Å². The lowest BCUT2D eigenvalue weighted by Gasteiger charge is -2.07. The van der Waals surface area contributed by atoms with Crippen LogP contribution >= 0.6 is 22.9 Å². The van der Waals surface area contributed by atoms with Crippen LogP contribution in [0.5, 0.6) is 0 Å². The summed E-state index contributed by atoms with van der Waals surface area (Å²) in [6.45, 7) is 0. The normalized spacial score (nSPS) is 11.3. The van der Waals surface area contributed by atoms with E-state index in [-0.39, 0.29) is 15.5 Å². The zero-order valence-corrected chi connectivity index (χ0v) is 12.5. The molecule has 2 rings (SSSR count). The highest BCUT2D eigenvalue weighted by atomic mass is 35.5. The smallest absolute Gasteiger partial charge is 0.257 e. The summed E-state index contributed by atoms with van der Waals surface area (Å²) in [6.07, 6.45) is 0. The van der Waals surface area contributed by atoms with Gasteiger partial charge in [0.15, 0.2) is 0 Å². The Labute approximate surface area is 124 Å². The molecule has 1 aromatic heterocycles. The largest absolute Gasteiger partial charge is 0.296 e. The fourth-order valence-electron chi connectivity index (χ4n) is 1.36. The highest BCUT2D eigenvalue weighted by Crippen LogP contribution is 2.23. The van der Waals surface area contributed by atoms with Crippen molar-refractivity contribution in [1.29, 1.82) is 0 Å². The van der Waals surface area contributed by atoms with Crippen molar-refractivity contribution < 1.29 is 13.2 Å². The number of aromatic nitrogens is 2. The first kappa shape index (κ1) is 14.9. The molecule has 1 heterocycles. The van der Waals surface area contributed by atoms with Crippen LogP contribution in [0.3, 0.4) is 0 Å². The van der Waals surface area contributed by atoms with E-state index < -0.39 is 15.9 Å². The summed E-state index contributed by atoms with van der Waals surface area (Å²) in [7, 11) is -2.47. The third-order valence-electron chi connectivity index (χ3n) is 2.33. The van der Waals surface area contributed by atoms with E-state index in [1.54, 1.807) is 0 Å². The summed E-state index contributed by atoms with van der Waals surface area (Å²) >= 11 is 6.99. The van der Waals surface area contributed by atoms with Crippen molar-refractivity contribution >= 4 is 44.0 Å². The Morgan fingerprint density at radius 1 is 1.40 bits per heavy atom. The Morgan fingerprint density at radius 3 is 2.75 bits per heavy atom. The highest BCUT2D eigenvalue weighted by Gasteiger charge is 2.18. The minimum atomic E-state index is -3.73. The molecule has 0 aliphatic carbocycles. The lowest BCUT2D eigenvalue weighted by molar-refractivity contribution is 0.102. The first-order valence-electron chi connectivity index (χ1n) is 5.24. The molecule has 7 nitrogen and oxygen atoms in total. The van der Waals surface area contributed by atoms with Gasteiger partial charge in [-0.05, 0) is 25.2 Å². The summed E-state index contributed by atoms with van der Waals surface area (Å²) in [6, 6.07) is 3.97. The van der Waals surface area contributed by atoms with Gasteiger partial charge in [-0.1, -0.05) is 22.9 Å². The fraction of sp³-hybridized carbons (Fsp3) is 0.100. The third kappa shape index (κ3) is 3.12. The van der Waals surface area contributed by atoms with Gasteiger partial charge in [-0.15, -0.1) is 10.2 Å². The Morgan fingerprint density at radius 2 is 2.15 bits per heavy atom. The molecule has 10 heteroatoms. The number of halogens is 1. The molecule has 0 bridgehead atoms. The molecule has 0 radical (unpaired) electrons. The van der Waals surface area contributed by atoms with E-state index in [1.165, 1.54) is 30.8 Å². The van der Waals surface area contributed by atoms with Gasteiger partial charge in [-0.2, -0.15) is 0 Å². The van der Waals surface area contributed by atoms with E-state index in [9.17, 15) is 13.2 Å². The van der Waals surface area contributed by atoms with Gasteiger partial charge in [0.2, 0.25) is 15.2 Å². The fourth-order valence-corrected chi connectivity index (χ4v) is 3.05. The van der Waals surface area contributed by atoms with E-state index in [0.717, 1.165) is 11.3 Å². The van der Waals surface area contributed by atoms with Crippen LogP contribution in [0.25, 0.3) is 0 Å². The van der Waals surface area contributed by atoms with Gasteiger partial charge < -0.3 is 0 Å². The molecule has 0 saturated carbocycles. The first-order chi connectivity index (χ1) is 9.44. The SMILES string of the molecule is CNS(=O)(=O)c1cc(C(=O)Nc2nncs2)ccc1Cl. The molecule has 0 fully saturated rings. The number of nitrogens with zero attached hydrogens (tertiary/aromatic N) is 2. The monoisotopic (exact) mass is 332 g/mol. The van der Waals surface area contributed by atoms with Gasteiger partial charge in [-0.3, -0.25) is 10.1 Å².